The average molecular weight is 350 g/mol. The topological polar surface area (TPSA) is 74.8 Å². The first-order valence-electron chi connectivity index (χ1n) is 6.83. The van der Waals surface area contributed by atoms with Crippen LogP contribution in [0.5, 0.6) is 0 Å². The molecule has 22 heavy (non-hydrogen) atoms. The Morgan fingerprint density at radius 2 is 1.73 bits per heavy atom. The second kappa shape index (κ2) is 6.23. The summed E-state index contributed by atoms with van der Waals surface area (Å²) in [6, 6.07) is 4.60. The van der Waals surface area contributed by atoms with E-state index in [1.165, 1.54) is 30.5 Å². The van der Waals surface area contributed by atoms with E-state index in [0.717, 1.165) is 16.4 Å². The molecule has 1 unspecified atom stereocenters. The van der Waals surface area contributed by atoms with Gasteiger partial charge in [-0.1, -0.05) is 0 Å². The molecule has 0 saturated carbocycles. The third kappa shape index (κ3) is 3.32. The van der Waals surface area contributed by atoms with Gasteiger partial charge in [-0.15, -0.1) is 0 Å². The van der Waals surface area contributed by atoms with Crippen LogP contribution >= 0.6 is 0 Å². The summed E-state index contributed by atoms with van der Waals surface area (Å²) in [4.78, 5) is 0.0167. The van der Waals surface area contributed by atoms with E-state index in [2.05, 4.69) is 0 Å². The Morgan fingerprint density at radius 3 is 2.27 bits per heavy atom. The van der Waals surface area contributed by atoms with Gasteiger partial charge < -0.3 is 0 Å². The van der Waals surface area contributed by atoms with Crippen molar-refractivity contribution in [2.75, 3.05) is 27.2 Å². The lowest BCUT2D eigenvalue weighted by Gasteiger charge is -2.33. The molecule has 1 atom stereocenters. The van der Waals surface area contributed by atoms with Crippen LogP contribution in [0.25, 0.3) is 0 Å². The van der Waals surface area contributed by atoms with Crippen molar-refractivity contribution in [2.45, 2.75) is 23.0 Å². The van der Waals surface area contributed by atoms with Crippen LogP contribution in [0.1, 0.15) is 12.8 Å². The molecule has 1 heterocycles. The molecule has 1 aromatic carbocycles. The molecule has 1 fully saturated rings. The van der Waals surface area contributed by atoms with E-state index >= 15 is 0 Å². The fourth-order valence-electron chi connectivity index (χ4n) is 2.42. The number of piperidine rings is 1. The van der Waals surface area contributed by atoms with Crippen LogP contribution in [-0.4, -0.2) is 57.9 Å². The maximum absolute atomic E-state index is 12.9. The van der Waals surface area contributed by atoms with Crippen molar-refractivity contribution in [3.8, 4) is 0 Å². The zero-order chi connectivity index (χ0) is 16.5. The predicted octanol–water partition coefficient (Wildman–Crippen LogP) is 0.870. The van der Waals surface area contributed by atoms with Gasteiger partial charge in [-0.2, -0.15) is 17.0 Å². The molecule has 6 nitrogen and oxygen atoms in total. The van der Waals surface area contributed by atoms with Crippen molar-refractivity contribution >= 4 is 20.0 Å². The first-order valence-corrected chi connectivity index (χ1v) is 9.77. The highest BCUT2D eigenvalue weighted by molar-refractivity contribution is 7.92. The highest BCUT2D eigenvalue weighted by Gasteiger charge is 2.37. The number of nitrogens with zero attached hydrogens (tertiary/aromatic N) is 2. The van der Waals surface area contributed by atoms with Gasteiger partial charge in [0.25, 0.3) is 10.2 Å². The fraction of sp³-hybridized carbons (Fsp3) is 0.538. The zero-order valence-corrected chi connectivity index (χ0v) is 14.1. The van der Waals surface area contributed by atoms with E-state index in [1.54, 1.807) is 0 Å². The van der Waals surface area contributed by atoms with Crippen LogP contribution in [0, 0.1) is 5.82 Å². The van der Waals surface area contributed by atoms with Gasteiger partial charge in [-0.05, 0) is 37.1 Å². The molecule has 2 rings (SSSR count). The molecule has 1 aliphatic heterocycles. The van der Waals surface area contributed by atoms with Crippen molar-refractivity contribution in [3.63, 3.8) is 0 Å². The maximum atomic E-state index is 12.9. The predicted molar refractivity (Wildman–Crippen MR) is 80.8 cm³/mol. The van der Waals surface area contributed by atoms with Gasteiger partial charge in [0.2, 0.25) is 0 Å². The van der Waals surface area contributed by atoms with Gasteiger partial charge in [-0.3, -0.25) is 0 Å². The van der Waals surface area contributed by atoms with Crippen LogP contribution in [-0.2, 0) is 20.0 Å². The molecule has 1 aromatic rings. The Bertz CT molecular complexity index is 730. The van der Waals surface area contributed by atoms with Crippen molar-refractivity contribution in [2.24, 2.45) is 0 Å². The van der Waals surface area contributed by atoms with Crippen LogP contribution in [0.2, 0.25) is 0 Å². The van der Waals surface area contributed by atoms with Crippen LogP contribution in [0.3, 0.4) is 0 Å². The molecule has 0 bridgehead atoms. The Labute approximate surface area is 130 Å². The molecular weight excluding hydrogens is 331 g/mol. The lowest BCUT2D eigenvalue weighted by Crippen LogP contribution is -2.48. The number of hydrogen-bond acceptors (Lipinski definition) is 4. The summed E-state index contributed by atoms with van der Waals surface area (Å²) in [5, 5.41) is -0.818. The maximum Gasteiger partial charge on any atom is 0.281 e. The summed E-state index contributed by atoms with van der Waals surface area (Å²) in [6.07, 6.45) is 0.858. The normalized spacial score (nSPS) is 21.2. The van der Waals surface area contributed by atoms with E-state index in [9.17, 15) is 21.2 Å². The highest BCUT2D eigenvalue weighted by Crippen LogP contribution is 2.25. The van der Waals surface area contributed by atoms with Crippen molar-refractivity contribution in [1.29, 1.82) is 0 Å². The van der Waals surface area contributed by atoms with Crippen molar-refractivity contribution < 1.29 is 21.2 Å². The summed E-state index contributed by atoms with van der Waals surface area (Å²) in [7, 11) is -4.51. The molecule has 9 heteroatoms. The molecule has 1 aliphatic rings. The fourth-order valence-corrected chi connectivity index (χ4v) is 5.45. The second-order valence-corrected chi connectivity index (χ2v) is 9.78. The number of benzene rings is 1. The Kier molecular flexibility index (Phi) is 4.90. The number of hydrogen-bond donors (Lipinski definition) is 0. The lowest BCUT2D eigenvalue weighted by atomic mass is 10.2. The Morgan fingerprint density at radius 1 is 1.14 bits per heavy atom. The van der Waals surface area contributed by atoms with E-state index < -0.39 is 31.1 Å². The standard InChI is InChI=1S/C13H19FN2O4S2/c1-15(2)22(19,20)16-9-3-4-13(10-16)21(17,18)12-7-5-11(14)6-8-12/h5-8,13H,3-4,9-10H2,1-2H3. The first-order chi connectivity index (χ1) is 10.2. The molecular formula is C13H19FN2O4S2. The molecule has 0 amide bonds. The molecule has 0 aromatic heterocycles. The van der Waals surface area contributed by atoms with Gasteiger partial charge in [0.15, 0.2) is 9.84 Å². The van der Waals surface area contributed by atoms with E-state index in [4.69, 9.17) is 0 Å². The summed E-state index contributed by atoms with van der Waals surface area (Å²) in [6.45, 7) is 0.218. The van der Waals surface area contributed by atoms with Gasteiger partial charge in [0.05, 0.1) is 10.1 Å². The van der Waals surface area contributed by atoms with Crippen LogP contribution < -0.4 is 0 Å². The van der Waals surface area contributed by atoms with E-state index in [1.807, 2.05) is 0 Å². The minimum atomic E-state index is -3.69. The van der Waals surface area contributed by atoms with Crippen molar-refractivity contribution in [3.05, 3.63) is 30.1 Å². The van der Waals surface area contributed by atoms with E-state index in [-0.39, 0.29) is 11.4 Å². The van der Waals surface area contributed by atoms with Gasteiger partial charge in [-0.25, -0.2) is 12.8 Å². The van der Waals surface area contributed by atoms with Crippen LogP contribution in [0.15, 0.2) is 29.2 Å². The molecule has 0 N–H and O–H groups in total. The second-order valence-electron chi connectivity index (χ2n) is 5.41. The van der Waals surface area contributed by atoms with Gasteiger partial charge in [0, 0.05) is 27.2 Å². The Balaban J connectivity index is 2.27. The minimum absolute atomic E-state index is 0.0167. The molecule has 1 saturated heterocycles. The lowest BCUT2D eigenvalue weighted by molar-refractivity contribution is 0.324. The third-order valence-corrected chi connectivity index (χ3v) is 7.81. The van der Waals surface area contributed by atoms with Gasteiger partial charge >= 0.3 is 0 Å². The molecule has 0 aliphatic carbocycles. The van der Waals surface area contributed by atoms with E-state index in [0.29, 0.717) is 19.4 Å². The quantitative estimate of drug-likeness (QED) is 0.755. The van der Waals surface area contributed by atoms with Crippen molar-refractivity contribution in [1.82, 2.24) is 8.61 Å². The molecule has 124 valence electrons. The number of halogens is 1. The highest BCUT2D eigenvalue weighted by atomic mass is 32.2. The number of sulfone groups is 1. The SMILES string of the molecule is CN(C)S(=O)(=O)N1CCCC(S(=O)(=O)c2ccc(F)cc2)C1. The summed E-state index contributed by atoms with van der Waals surface area (Å²) >= 11 is 0. The third-order valence-electron chi connectivity index (χ3n) is 3.71. The molecule has 0 spiro atoms. The van der Waals surface area contributed by atoms with Gasteiger partial charge in [0.1, 0.15) is 5.82 Å². The Hall–Kier alpha value is -1.03. The minimum Gasteiger partial charge on any atom is -0.223 e. The number of rotatable bonds is 4. The summed E-state index contributed by atoms with van der Waals surface area (Å²) in [5.41, 5.74) is 0. The monoisotopic (exact) mass is 350 g/mol. The largest absolute Gasteiger partial charge is 0.281 e. The smallest absolute Gasteiger partial charge is 0.223 e. The summed E-state index contributed by atoms with van der Waals surface area (Å²) in [5.74, 6) is -0.514. The van der Waals surface area contributed by atoms with Crippen LogP contribution in [0.4, 0.5) is 4.39 Å². The average Bonchev–Trinajstić information content (AvgIpc) is 2.47. The first kappa shape index (κ1) is 17.3. The zero-order valence-electron chi connectivity index (χ0n) is 12.4. The molecule has 0 radical (unpaired) electrons. The summed E-state index contributed by atoms with van der Waals surface area (Å²) < 4.78 is 64.6.